The highest BCUT2D eigenvalue weighted by Crippen LogP contribution is 2.40. The average molecular weight is 474 g/mol. The van der Waals surface area contributed by atoms with E-state index in [4.69, 9.17) is 9.47 Å². The molecule has 1 saturated heterocycles. The normalized spacial score (nSPS) is 18.1. The Labute approximate surface area is 184 Å². The molecule has 30 heavy (non-hydrogen) atoms. The van der Waals surface area contributed by atoms with Gasteiger partial charge in [0.05, 0.1) is 18.2 Å². The fourth-order valence-electron chi connectivity index (χ4n) is 3.54. The monoisotopic (exact) mass is 473 g/mol. The van der Waals surface area contributed by atoms with E-state index < -0.39 is 17.7 Å². The summed E-state index contributed by atoms with van der Waals surface area (Å²) in [7, 11) is 1.59. The third-order valence-corrected chi connectivity index (χ3v) is 5.42. The van der Waals surface area contributed by atoms with Gasteiger partial charge in [0.1, 0.15) is 11.5 Å². The minimum atomic E-state index is -0.695. The Hall–Kier alpha value is -2.64. The van der Waals surface area contributed by atoms with Crippen LogP contribution in [0.15, 0.2) is 58.6 Å². The molecular weight excluding hydrogens is 450 g/mol. The van der Waals surface area contributed by atoms with Crippen molar-refractivity contribution in [2.24, 2.45) is 0 Å². The van der Waals surface area contributed by atoms with Gasteiger partial charge in [-0.05, 0) is 43.2 Å². The van der Waals surface area contributed by atoms with Crippen molar-refractivity contribution in [3.05, 3.63) is 69.7 Å². The molecule has 1 unspecified atom stereocenters. The first-order valence-electron chi connectivity index (χ1n) is 9.74. The number of methoxy groups -OCH3 is 1. The number of Topliss-reactive ketones (excluding diaryl/α,β-unsaturated/α-hetero) is 1. The first kappa shape index (κ1) is 22.1. The van der Waals surface area contributed by atoms with Crippen molar-refractivity contribution >= 4 is 33.4 Å². The molecule has 1 N–H and O–H groups in total. The van der Waals surface area contributed by atoms with Crippen molar-refractivity contribution in [3.8, 4) is 5.75 Å². The Balaban J connectivity index is 2.10. The summed E-state index contributed by atoms with van der Waals surface area (Å²) in [6.45, 7) is 3.15. The highest BCUT2D eigenvalue weighted by Gasteiger charge is 2.45. The van der Waals surface area contributed by atoms with E-state index in [0.717, 1.165) is 10.0 Å². The number of aliphatic hydroxyl groups excluding tert-OH is 1. The van der Waals surface area contributed by atoms with Gasteiger partial charge in [-0.25, -0.2) is 0 Å². The Morgan fingerprint density at radius 3 is 2.57 bits per heavy atom. The van der Waals surface area contributed by atoms with E-state index >= 15 is 0 Å². The molecule has 0 aromatic heterocycles. The predicted octanol–water partition coefficient (Wildman–Crippen LogP) is 4.31. The second-order valence-corrected chi connectivity index (χ2v) is 7.77. The average Bonchev–Trinajstić information content (AvgIpc) is 2.99. The smallest absolute Gasteiger partial charge is 0.295 e. The van der Waals surface area contributed by atoms with Gasteiger partial charge in [-0.2, -0.15) is 0 Å². The van der Waals surface area contributed by atoms with Crippen LogP contribution in [0, 0.1) is 0 Å². The quantitative estimate of drug-likeness (QED) is 0.267. The lowest BCUT2D eigenvalue weighted by Crippen LogP contribution is -2.31. The van der Waals surface area contributed by atoms with Crippen molar-refractivity contribution in [2.45, 2.75) is 19.4 Å². The zero-order valence-corrected chi connectivity index (χ0v) is 18.5. The Morgan fingerprint density at radius 2 is 1.90 bits per heavy atom. The van der Waals surface area contributed by atoms with Crippen molar-refractivity contribution < 1.29 is 24.2 Å². The van der Waals surface area contributed by atoms with Gasteiger partial charge in [-0.3, -0.25) is 9.59 Å². The second-order valence-electron chi connectivity index (χ2n) is 6.85. The minimum Gasteiger partial charge on any atom is -0.507 e. The molecule has 6 nitrogen and oxygen atoms in total. The molecule has 0 saturated carbocycles. The number of carbonyl (C=O) groups is 2. The molecule has 1 aliphatic heterocycles. The van der Waals surface area contributed by atoms with Gasteiger partial charge in [0, 0.05) is 30.3 Å². The van der Waals surface area contributed by atoms with Gasteiger partial charge in [-0.15, -0.1) is 0 Å². The van der Waals surface area contributed by atoms with E-state index in [0.29, 0.717) is 37.5 Å². The summed E-state index contributed by atoms with van der Waals surface area (Å²) < 4.78 is 11.5. The van der Waals surface area contributed by atoms with Crippen molar-refractivity contribution in [1.29, 1.82) is 0 Å². The molecule has 1 heterocycles. The van der Waals surface area contributed by atoms with Gasteiger partial charge < -0.3 is 19.5 Å². The van der Waals surface area contributed by atoms with Crippen molar-refractivity contribution in [3.63, 3.8) is 0 Å². The first-order chi connectivity index (χ1) is 14.5. The van der Waals surface area contributed by atoms with E-state index in [2.05, 4.69) is 15.9 Å². The number of benzene rings is 2. The van der Waals surface area contributed by atoms with Gasteiger partial charge in [0.15, 0.2) is 0 Å². The Kier molecular flexibility index (Phi) is 7.29. The molecule has 0 radical (unpaired) electrons. The third kappa shape index (κ3) is 4.57. The summed E-state index contributed by atoms with van der Waals surface area (Å²) >= 11 is 3.41. The number of carbonyl (C=O) groups excluding carboxylic acids is 2. The number of likely N-dealkylation sites (tertiary alicyclic amines) is 1. The summed E-state index contributed by atoms with van der Waals surface area (Å²) in [5.41, 5.74) is 1.25. The molecule has 2 aromatic carbocycles. The number of rotatable bonds is 8. The molecule has 0 bridgehead atoms. The minimum absolute atomic E-state index is 0.0772. The van der Waals surface area contributed by atoms with Gasteiger partial charge >= 0.3 is 0 Å². The van der Waals surface area contributed by atoms with Crippen LogP contribution in [0.25, 0.3) is 5.76 Å². The third-order valence-electron chi connectivity index (χ3n) is 4.89. The van der Waals surface area contributed by atoms with Crippen LogP contribution in [-0.4, -0.2) is 48.6 Å². The summed E-state index contributed by atoms with van der Waals surface area (Å²) in [6, 6.07) is 13.6. The van der Waals surface area contributed by atoms with Crippen LogP contribution >= 0.6 is 15.9 Å². The number of amides is 1. The molecule has 0 spiro atoms. The van der Waals surface area contributed by atoms with E-state index in [1.807, 2.05) is 31.2 Å². The second kappa shape index (κ2) is 9.91. The molecule has 7 heteroatoms. The summed E-state index contributed by atoms with van der Waals surface area (Å²) in [5, 5.41) is 11.1. The van der Waals surface area contributed by atoms with Crippen LogP contribution in [0.5, 0.6) is 5.75 Å². The Bertz CT molecular complexity index is 954. The van der Waals surface area contributed by atoms with Crippen LogP contribution in [0.1, 0.15) is 30.5 Å². The zero-order chi connectivity index (χ0) is 21.7. The van der Waals surface area contributed by atoms with Gasteiger partial charge in [-0.1, -0.05) is 40.2 Å². The number of ether oxygens (including phenoxy) is 2. The first-order valence-corrected chi connectivity index (χ1v) is 10.5. The number of hydrogen-bond donors (Lipinski definition) is 1. The van der Waals surface area contributed by atoms with Crippen LogP contribution in [0.2, 0.25) is 0 Å². The number of ketones is 1. The summed E-state index contributed by atoms with van der Waals surface area (Å²) in [6.07, 6.45) is 0.580. The highest BCUT2D eigenvalue weighted by atomic mass is 79.9. The van der Waals surface area contributed by atoms with E-state index in [1.54, 1.807) is 31.4 Å². The van der Waals surface area contributed by atoms with E-state index in [9.17, 15) is 14.7 Å². The molecule has 0 aliphatic carbocycles. The summed E-state index contributed by atoms with van der Waals surface area (Å²) in [4.78, 5) is 27.3. The molecule has 1 aliphatic rings. The standard InChI is InChI=1S/C23H24BrNO5/c1-3-30-18-7-4-6-16(14-18)21(26)19-20(15-8-10-17(24)11-9-15)25(12-5-13-29-2)23(28)22(19)27/h4,6-11,14,20,26H,3,5,12-13H2,1-2H3/b21-19+. The van der Waals surface area contributed by atoms with Crippen LogP contribution in [0.4, 0.5) is 0 Å². The number of nitrogens with zero attached hydrogens (tertiary/aromatic N) is 1. The molecule has 1 amide bonds. The lowest BCUT2D eigenvalue weighted by atomic mass is 9.95. The molecule has 1 atom stereocenters. The van der Waals surface area contributed by atoms with Crippen molar-refractivity contribution in [2.75, 3.05) is 26.9 Å². The molecule has 2 aromatic rings. The van der Waals surface area contributed by atoms with Gasteiger partial charge in [0.25, 0.3) is 11.7 Å². The highest BCUT2D eigenvalue weighted by molar-refractivity contribution is 9.10. The maximum atomic E-state index is 12.9. The largest absolute Gasteiger partial charge is 0.507 e. The van der Waals surface area contributed by atoms with Crippen molar-refractivity contribution in [1.82, 2.24) is 4.90 Å². The molecule has 1 fully saturated rings. The van der Waals surface area contributed by atoms with E-state index in [1.165, 1.54) is 4.90 Å². The maximum absolute atomic E-state index is 12.9. The molecular formula is C23H24BrNO5. The molecule has 158 valence electrons. The van der Waals surface area contributed by atoms with Crippen LogP contribution in [0.3, 0.4) is 0 Å². The predicted molar refractivity (Wildman–Crippen MR) is 117 cm³/mol. The fraction of sp³-hybridized carbons (Fsp3) is 0.304. The number of hydrogen-bond acceptors (Lipinski definition) is 5. The SMILES string of the molecule is CCOc1cccc(/C(O)=C2\C(=O)C(=O)N(CCCOC)C2c2ccc(Br)cc2)c1. The number of halogens is 1. The Morgan fingerprint density at radius 1 is 1.17 bits per heavy atom. The fourth-order valence-corrected chi connectivity index (χ4v) is 3.80. The summed E-state index contributed by atoms with van der Waals surface area (Å²) in [5.74, 6) is -0.950. The van der Waals surface area contributed by atoms with Crippen LogP contribution < -0.4 is 4.74 Å². The maximum Gasteiger partial charge on any atom is 0.295 e. The number of aliphatic hydroxyl groups is 1. The van der Waals surface area contributed by atoms with Crippen LogP contribution in [-0.2, 0) is 14.3 Å². The van der Waals surface area contributed by atoms with E-state index in [-0.39, 0.29) is 11.3 Å². The molecule has 3 rings (SSSR count). The lowest BCUT2D eigenvalue weighted by Gasteiger charge is -2.25. The van der Waals surface area contributed by atoms with Gasteiger partial charge in [0.2, 0.25) is 0 Å². The topological polar surface area (TPSA) is 76.1 Å². The zero-order valence-electron chi connectivity index (χ0n) is 16.9. The lowest BCUT2D eigenvalue weighted by molar-refractivity contribution is -0.140.